The maximum absolute atomic E-state index is 13.2. The Labute approximate surface area is 172 Å². The van der Waals surface area contributed by atoms with Gasteiger partial charge >= 0.3 is 12.5 Å². The van der Waals surface area contributed by atoms with Crippen molar-refractivity contribution in [2.75, 3.05) is 13.1 Å². The largest absolute Gasteiger partial charge is 0.573 e. The van der Waals surface area contributed by atoms with E-state index in [9.17, 15) is 41.4 Å². The molecule has 31 heavy (non-hydrogen) atoms. The highest BCUT2D eigenvalue weighted by Gasteiger charge is 2.40. The van der Waals surface area contributed by atoms with Crippen molar-refractivity contribution in [2.45, 2.75) is 31.0 Å². The Bertz CT molecular complexity index is 965. The van der Waals surface area contributed by atoms with Crippen LogP contribution in [0, 0.1) is 0 Å². The van der Waals surface area contributed by atoms with Crippen LogP contribution in [0.3, 0.4) is 0 Å². The van der Waals surface area contributed by atoms with Crippen LogP contribution >= 0.6 is 0 Å². The summed E-state index contributed by atoms with van der Waals surface area (Å²) < 4.78 is 80.8. The Kier molecular flexibility index (Phi) is 5.83. The molecule has 1 heterocycles. The van der Waals surface area contributed by atoms with E-state index in [0.717, 1.165) is 29.2 Å². The third-order valence-electron chi connectivity index (χ3n) is 5.02. The van der Waals surface area contributed by atoms with E-state index in [4.69, 9.17) is 0 Å². The highest BCUT2D eigenvalue weighted by molar-refractivity contribution is 5.96. The third-order valence-corrected chi connectivity index (χ3v) is 5.02. The van der Waals surface area contributed by atoms with Crippen LogP contribution in [0.15, 0.2) is 42.5 Å². The van der Waals surface area contributed by atoms with Gasteiger partial charge in [0.15, 0.2) is 0 Å². The van der Waals surface area contributed by atoms with Crippen LogP contribution in [-0.4, -0.2) is 40.5 Å². The molecule has 11 heteroatoms. The van der Waals surface area contributed by atoms with Crippen LogP contribution in [-0.2, 0) is 11.8 Å². The number of aromatic hydroxyl groups is 1. The van der Waals surface area contributed by atoms with Crippen LogP contribution < -0.4 is 4.74 Å². The van der Waals surface area contributed by atoms with Gasteiger partial charge in [-0.15, -0.1) is 13.2 Å². The van der Waals surface area contributed by atoms with Crippen molar-refractivity contribution in [1.82, 2.24) is 4.90 Å². The first-order valence-corrected chi connectivity index (χ1v) is 9.07. The van der Waals surface area contributed by atoms with Crippen molar-refractivity contribution < 1.29 is 46.1 Å². The fourth-order valence-electron chi connectivity index (χ4n) is 3.48. The number of rotatable bonds is 3. The molecule has 2 aromatic rings. The molecule has 168 valence electrons. The van der Waals surface area contributed by atoms with Gasteiger partial charge in [0.1, 0.15) is 11.5 Å². The summed E-state index contributed by atoms with van der Waals surface area (Å²) in [5.74, 6) is -2.00. The fraction of sp³-hybridized carbons (Fsp3) is 0.350. The Hall–Kier alpha value is -2.95. The third kappa shape index (κ3) is 5.22. The van der Waals surface area contributed by atoms with E-state index in [1.54, 1.807) is 0 Å². The van der Waals surface area contributed by atoms with E-state index in [1.807, 2.05) is 0 Å². The zero-order valence-electron chi connectivity index (χ0n) is 15.8. The van der Waals surface area contributed by atoms with E-state index in [1.165, 1.54) is 12.1 Å². The molecule has 1 saturated heterocycles. The van der Waals surface area contributed by atoms with Crippen molar-refractivity contribution in [3.05, 3.63) is 59.2 Å². The second-order valence-corrected chi connectivity index (χ2v) is 7.13. The van der Waals surface area contributed by atoms with Crippen molar-refractivity contribution in [3.8, 4) is 11.5 Å². The molecular formula is C20H17F6NO4. The molecular weight excluding hydrogens is 432 g/mol. The summed E-state index contributed by atoms with van der Waals surface area (Å²) in [5, 5.41) is 20.4. The van der Waals surface area contributed by atoms with E-state index in [2.05, 4.69) is 4.74 Å². The quantitative estimate of drug-likeness (QED) is 0.681. The highest BCUT2D eigenvalue weighted by Crippen LogP contribution is 2.38. The van der Waals surface area contributed by atoms with Crippen LogP contribution in [0.4, 0.5) is 26.3 Å². The summed E-state index contributed by atoms with van der Waals surface area (Å²) in [5.41, 5.74) is -3.38. The number of carbonyl (C=O) groups excluding carboxylic acids is 1. The molecule has 1 aliphatic heterocycles. The zero-order valence-corrected chi connectivity index (χ0v) is 15.8. The number of amides is 1. The molecule has 0 saturated carbocycles. The van der Waals surface area contributed by atoms with E-state index in [-0.39, 0.29) is 31.5 Å². The number of piperidine rings is 1. The summed E-state index contributed by atoms with van der Waals surface area (Å²) in [6.07, 6.45) is -9.95. The molecule has 0 radical (unpaired) electrons. The van der Waals surface area contributed by atoms with Gasteiger partial charge in [-0.2, -0.15) is 13.2 Å². The van der Waals surface area contributed by atoms with Gasteiger partial charge < -0.3 is 19.8 Å². The zero-order chi connectivity index (χ0) is 23.0. The number of phenolic OH excluding ortho intramolecular Hbond substituents is 1. The molecule has 5 nitrogen and oxygen atoms in total. The number of likely N-dealkylation sites (tertiary alicyclic amines) is 1. The first-order valence-electron chi connectivity index (χ1n) is 9.07. The molecule has 0 atom stereocenters. The lowest BCUT2D eigenvalue weighted by molar-refractivity contribution is -0.274. The van der Waals surface area contributed by atoms with Gasteiger partial charge in [0.05, 0.1) is 16.7 Å². The standard InChI is InChI=1S/C20H17F6NO4/c21-19(22,23)16-5-4-13(28)11-15(16)17(29)27-8-6-18(30,7-9-27)12-2-1-3-14(10-12)31-20(24,25)26/h1-5,10-11,28,30H,6-9H2. The molecule has 0 bridgehead atoms. The number of phenols is 1. The molecule has 2 aromatic carbocycles. The number of hydrogen-bond acceptors (Lipinski definition) is 4. The number of benzene rings is 2. The van der Waals surface area contributed by atoms with Crippen LogP contribution in [0.25, 0.3) is 0 Å². The van der Waals surface area contributed by atoms with Gasteiger partial charge in [-0.1, -0.05) is 12.1 Å². The number of hydrogen-bond donors (Lipinski definition) is 2. The van der Waals surface area contributed by atoms with Gasteiger partial charge in [0.2, 0.25) is 0 Å². The number of alkyl halides is 6. The average Bonchev–Trinajstić information content (AvgIpc) is 2.66. The smallest absolute Gasteiger partial charge is 0.508 e. The second kappa shape index (κ2) is 7.95. The Balaban J connectivity index is 1.78. The minimum atomic E-state index is -4.91. The van der Waals surface area contributed by atoms with E-state index >= 15 is 0 Å². The van der Waals surface area contributed by atoms with E-state index < -0.39 is 46.7 Å². The van der Waals surface area contributed by atoms with Gasteiger partial charge in [0, 0.05) is 13.1 Å². The molecule has 0 unspecified atom stereocenters. The first-order chi connectivity index (χ1) is 14.3. The topological polar surface area (TPSA) is 70.0 Å². The average molecular weight is 449 g/mol. The van der Waals surface area contributed by atoms with Crippen molar-refractivity contribution in [1.29, 1.82) is 0 Å². The Morgan fingerprint density at radius 3 is 2.23 bits per heavy atom. The second-order valence-electron chi connectivity index (χ2n) is 7.13. The minimum absolute atomic E-state index is 0.117. The van der Waals surface area contributed by atoms with Gasteiger partial charge in [-0.25, -0.2) is 0 Å². The molecule has 1 amide bonds. The number of ether oxygens (including phenoxy) is 1. The molecule has 2 N–H and O–H groups in total. The summed E-state index contributed by atoms with van der Waals surface area (Å²) >= 11 is 0. The predicted octanol–water partition coefficient (Wildman–Crippen LogP) is 4.43. The monoisotopic (exact) mass is 449 g/mol. The number of halogens is 6. The summed E-state index contributed by atoms with van der Waals surface area (Å²) in [6, 6.07) is 6.93. The Morgan fingerprint density at radius 2 is 1.65 bits per heavy atom. The van der Waals surface area contributed by atoms with Crippen molar-refractivity contribution in [2.24, 2.45) is 0 Å². The summed E-state index contributed by atoms with van der Waals surface area (Å²) in [4.78, 5) is 13.8. The van der Waals surface area contributed by atoms with Crippen LogP contribution in [0.1, 0.15) is 34.3 Å². The first kappa shape index (κ1) is 22.7. The van der Waals surface area contributed by atoms with Crippen LogP contribution in [0.2, 0.25) is 0 Å². The fourth-order valence-corrected chi connectivity index (χ4v) is 3.48. The van der Waals surface area contributed by atoms with Gasteiger partial charge in [0.25, 0.3) is 5.91 Å². The summed E-state index contributed by atoms with van der Waals surface area (Å²) in [6.45, 7) is -0.292. The molecule has 0 aromatic heterocycles. The van der Waals surface area contributed by atoms with E-state index in [0.29, 0.717) is 6.07 Å². The lowest BCUT2D eigenvalue weighted by Crippen LogP contribution is -2.45. The Morgan fingerprint density at radius 1 is 1.00 bits per heavy atom. The molecule has 1 fully saturated rings. The van der Waals surface area contributed by atoms with Crippen molar-refractivity contribution in [3.63, 3.8) is 0 Å². The highest BCUT2D eigenvalue weighted by atomic mass is 19.4. The number of carbonyl (C=O) groups is 1. The summed E-state index contributed by atoms with van der Waals surface area (Å²) in [7, 11) is 0. The number of aliphatic hydroxyl groups is 1. The lowest BCUT2D eigenvalue weighted by atomic mass is 9.84. The molecule has 0 aliphatic carbocycles. The molecule has 0 spiro atoms. The maximum Gasteiger partial charge on any atom is 0.573 e. The normalized spacial score (nSPS) is 16.8. The SMILES string of the molecule is O=C(c1cc(O)ccc1C(F)(F)F)N1CCC(O)(c2cccc(OC(F)(F)F)c2)CC1. The van der Waals surface area contributed by atoms with Crippen LogP contribution in [0.5, 0.6) is 11.5 Å². The van der Waals surface area contributed by atoms with Gasteiger partial charge in [-0.05, 0) is 48.7 Å². The minimum Gasteiger partial charge on any atom is -0.508 e. The molecule has 3 rings (SSSR count). The van der Waals surface area contributed by atoms with Gasteiger partial charge in [-0.3, -0.25) is 4.79 Å². The lowest BCUT2D eigenvalue weighted by Gasteiger charge is -2.39. The maximum atomic E-state index is 13.2. The molecule has 1 aliphatic rings. The predicted molar refractivity (Wildman–Crippen MR) is 95.3 cm³/mol. The van der Waals surface area contributed by atoms with Crippen molar-refractivity contribution >= 4 is 5.91 Å². The number of nitrogens with zero attached hydrogens (tertiary/aromatic N) is 1.